The molecule has 1 amide bonds. The number of carbonyl (C=O) groups excluding carboxylic acids is 1. The van der Waals surface area contributed by atoms with Crippen LogP contribution in [-0.2, 0) is 9.59 Å². The second-order valence-electron chi connectivity index (χ2n) is 4.04. The van der Waals surface area contributed by atoms with Gasteiger partial charge in [-0.05, 0) is 18.6 Å². The first kappa shape index (κ1) is 16.6. The van der Waals surface area contributed by atoms with E-state index in [1.165, 1.54) is 0 Å². The normalized spacial score (nSPS) is 11.8. The van der Waals surface area contributed by atoms with Crippen LogP contribution in [0.2, 0.25) is 10.0 Å². The van der Waals surface area contributed by atoms with E-state index in [1.807, 2.05) is 0 Å². The van der Waals surface area contributed by atoms with Crippen LogP contribution in [0.5, 0.6) is 5.75 Å². The van der Waals surface area contributed by atoms with Gasteiger partial charge in [-0.2, -0.15) is 0 Å². The molecule has 1 aromatic rings. The highest BCUT2D eigenvalue weighted by atomic mass is 35.5. The SMILES string of the molecule is CC[C@@H](NC(=O)CCOc1ccc(Cl)c(Cl)c1)C(=O)O. The maximum Gasteiger partial charge on any atom is 0.326 e. The molecule has 1 rings (SSSR count). The predicted molar refractivity (Wildman–Crippen MR) is 76.4 cm³/mol. The Morgan fingerprint density at radius 1 is 1.35 bits per heavy atom. The fraction of sp³-hybridized carbons (Fsp3) is 0.385. The average molecular weight is 320 g/mol. The molecule has 0 bridgehead atoms. The van der Waals surface area contributed by atoms with Crippen molar-refractivity contribution in [2.45, 2.75) is 25.8 Å². The van der Waals surface area contributed by atoms with Crippen LogP contribution in [0.1, 0.15) is 19.8 Å². The molecule has 0 radical (unpaired) electrons. The second kappa shape index (κ2) is 7.97. The quantitative estimate of drug-likeness (QED) is 0.810. The van der Waals surface area contributed by atoms with Crippen molar-refractivity contribution in [3.05, 3.63) is 28.2 Å². The minimum Gasteiger partial charge on any atom is -0.493 e. The topological polar surface area (TPSA) is 75.6 Å². The Kier molecular flexibility index (Phi) is 6.61. The fourth-order valence-electron chi connectivity index (χ4n) is 1.43. The van der Waals surface area contributed by atoms with Crippen molar-refractivity contribution >= 4 is 35.1 Å². The number of nitrogens with one attached hydrogen (secondary N) is 1. The lowest BCUT2D eigenvalue weighted by atomic mass is 10.2. The van der Waals surface area contributed by atoms with E-state index in [-0.39, 0.29) is 18.9 Å². The standard InChI is InChI=1S/C13H15Cl2NO4/c1-2-11(13(18)19)16-12(17)5-6-20-8-3-4-9(14)10(15)7-8/h3-4,7,11H,2,5-6H2,1H3,(H,16,17)(H,18,19)/t11-/m1/s1. The van der Waals surface area contributed by atoms with Crippen LogP contribution >= 0.6 is 23.2 Å². The number of amides is 1. The van der Waals surface area contributed by atoms with E-state index >= 15 is 0 Å². The number of ether oxygens (including phenoxy) is 1. The van der Waals surface area contributed by atoms with Crippen molar-refractivity contribution < 1.29 is 19.4 Å². The van der Waals surface area contributed by atoms with E-state index in [0.29, 0.717) is 22.2 Å². The molecule has 0 aliphatic carbocycles. The van der Waals surface area contributed by atoms with Gasteiger partial charge in [-0.25, -0.2) is 4.79 Å². The molecule has 0 aromatic heterocycles. The van der Waals surface area contributed by atoms with Gasteiger partial charge in [-0.3, -0.25) is 4.79 Å². The number of hydrogen-bond donors (Lipinski definition) is 2. The van der Waals surface area contributed by atoms with Crippen LogP contribution in [0.25, 0.3) is 0 Å². The number of benzene rings is 1. The zero-order valence-electron chi connectivity index (χ0n) is 10.9. The Balaban J connectivity index is 2.38. The van der Waals surface area contributed by atoms with E-state index in [4.69, 9.17) is 33.0 Å². The van der Waals surface area contributed by atoms with Crippen LogP contribution < -0.4 is 10.1 Å². The minimum atomic E-state index is -1.05. The first-order valence-corrected chi connectivity index (χ1v) is 6.79. The highest BCUT2D eigenvalue weighted by molar-refractivity contribution is 6.42. The van der Waals surface area contributed by atoms with Gasteiger partial charge in [0.05, 0.1) is 23.1 Å². The molecule has 0 fully saturated rings. The van der Waals surface area contributed by atoms with E-state index in [1.54, 1.807) is 25.1 Å². The first-order valence-electron chi connectivity index (χ1n) is 6.04. The highest BCUT2D eigenvalue weighted by Crippen LogP contribution is 2.26. The largest absolute Gasteiger partial charge is 0.493 e. The third kappa shape index (κ3) is 5.27. The van der Waals surface area contributed by atoms with Crippen molar-refractivity contribution in [1.29, 1.82) is 0 Å². The van der Waals surface area contributed by atoms with Gasteiger partial charge in [0.2, 0.25) is 5.91 Å². The van der Waals surface area contributed by atoms with Gasteiger partial charge in [0, 0.05) is 6.07 Å². The lowest BCUT2D eigenvalue weighted by Gasteiger charge is -2.12. The van der Waals surface area contributed by atoms with Crippen molar-refractivity contribution in [1.82, 2.24) is 5.32 Å². The maximum absolute atomic E-state index is 11.5. The van der Waals surface area contributed by atoms with Crippen LogP contribution in [0.3, 0.4) is 0 Å². The van der Waals surface area contributed by atoms with Gasteiger partial charge in [0.25, 0.3) is 0 Å². The van der Waals surface area contributed by atoms with Gasteiger partial charge >= 0.3 is 5.97 Å². The van der Waals surface area contributed by atoms with E-state index < -0.39 is 12.0 Å². The Labute approximate surface area is 126 Å². The summed E-state index contributed by atoms with van der Waals surface area (Å²) in [6, 6.07) is 3.91. The minimum absolute atomic E-state index is 0.0595. The zero-order chi connectivity index (χ0) is 15.1. The molecule has 0 saturated carbocycles. The van der Waals surface area contributed by atoms with Gasteiger partial charge in [0.1, 0.15) is 11.8 Å². The van der Waals surface area contributed by atoms with Crippen LogP contribution in [0, 0.1) is 0 Å². The molecule has 20 heavy (non-hydrogen) atoms. The number of aliphatic carboxylic acids is 1. The third-order valence-corrected chi connectivity index (χ3v) is 3.27. The third-order valence-electron chi connectivity index (χ3n) is 2.53. The Hall–Kier alpha value is -1.46. The summed E-state index contributed by atoms with van der Waals surface area (Å²) in [6.45, 7) is 1.81. The van der Waals surface area contributed by atoms with Crippen molar-refractivity contribution in [3.63, 3.8) is 0 Å². The van der Waals surface area contributed by atoms with Crippen LogP contribution in [0.4, 0.5) is 0 Å². The molecule has 0 saturated heterocycles. The van der Waals surface area contributed by atoms with Crippen molar-refractivity contribution in [2.24, 2.45) is 0 Å². The van der Waals surface area contributed by atoms with Crippen molar-refractivity contribution in [2.75, 3.05) is 6.61 Å². The molecule has 0 heterocycles. The molecule has 5 nitrogen and oxygen atoms in total. The lowest BCUT2D eigenvalue weighted by molar-refractivity contribution is -0.142. The van der Waals surface area contributed by atoms with E-state index in [0.717, 1.165) is 0 Å². The summed E-state index contributed by atoms with van der Waals surface area (Å²) >= 11 is 11.6. The Morgan fingerprint density at radius 3 is 2.60 bits per heavy atom. The van der Waals surface area contributed by atoms with E-state index in [9.17, 15) is 9.59 Å². The van der Waals surface area contributed by atoms with Crippen molar-refractivity contribution in [3.8, 4) is 5.75 Å². The van der Waals surface area contributed by atoms with Crippen LogP contribution in [0.15, 0.2) is 18.2 Å². The summed E-state index contributed by atoms with van der Waals surface area (Å²) in [5, 5.41) is 12.0. The van der Waals surface area contributed by atoms with Gasteiger partial charge in [-0.15, -0.1) is 0 Å². The molecule has 0 spiro atoms. The predicted octanol–water partition coefficient (Wildman–Crippen LogP) is 2.74. The molecular formula is C13H15Cl2NO4. The summed E-state index contributed by atoms with van der Waals surface area (Å²) in [5.41, 5.74) is 0. The molecule has 110 valence electrons. The zero-order valence-corrected chi connectivity index (χ0v) is 12.4. The molecular weight excluding hydrogens is 305 g/mol. The summed E-state index contributed by atoms with van der Waals surface area (Å²) in [5.74, 6) is -0.928. The lowest BCUT2D eigenvalue weighted by Crippen LogP contribution is -2.40. The number of carbonyl (C=O) groups is 2. The second-order valence-corrected chi connectivity index (χ2v) is 4.86. The van der Waals surface area contributed by atoms with Gasteiger partial charge < -0.3 is 15.2 Å². The maximum atomic E-state index is 11.5. The molecule has 0 aliphatic rings. The molecule has 0 aliphatic heterocycles. The fourth-order valence-corrected chi connectivity index (χ4v) is 1.72. The molecule has 2 N–H and O–H groups in total. The highest BCUT2D eigenvalue weighted by Gasteiger charge is 2.17. The summed E-state index contributed by atoms with van der Waals surface area (Å²) in [7, 11) is 0. The molecule has 1 aromatic carbocycles. The van der Waals surface area contributed by atoms with Gasteiger partial charge in [-0.1, -0.05) is 30.1 Å². The molecule has 7 heteroatoms. The van der Waals surface area contributed by atoms with Crippen LogP contribution in [-0.4, -0.2) is 29.6 Å². The summed E-state index contributed by atoms with van der Waals surface area (Å²) in [6.07, 6.45) is 0.388. The monoisotopic (exact) mass is 319 g/mol. The summed E-state index contributed by atoms with van der Waals surface area (Å²) in [4.78, 5) is 22.3. The number of carboxylic acid groups (broad SMARTS) is 1. The number of hydrogen-bond acceptors (Lipinski definition) is 3. The van der Waals surface area contributed by atoms with E-state index in [2.05, 4.69) is 5.32 Å². The Morgan fingerprint density at radius 2 is 2.05 bits per heavy atom. The van der Waals surface area contributed by atoms with Gasteiger partial charge in [0.15, 0.2) is 0 Å². The Bertz CT molecular complexity index is 493. The number of halogens is 2. The molecule has 1 atom stereocenters. The summed E-state index contributed by atoms with van der Waals surface area (Å²) < 4.78 is 5.34. The average Bonchev–Trinajstić information content (AvgIpc) is 2.39. The first-order chi connectivity index (χ1) is 9.43. The number of carboxylic acids is 1. The smallest absolute Gasteiger partial charge is 0.326 e. The number of rotatable bonds is 7. The molecule has 0 unspecified atom stereocenters.